The van der Waals surface area contributed by atoms with Crippen molar-refractivity contribution in [3.63, 3.8) is 0 Å². The molecular weight excluding hydrogens is 434 g/mol. The summed E-state index contributed by atoms with van der Waals surface area (Å²) in [6.45, 7) is 9.62. The molecule has 1 aliphatic rings. The van der Waals surface area contributed by atoms with Gasteiger partial charge in [0.25, 0.3) is 0 Å². The fraction of sp³-hybridized carbons (Fsp3) is 0.323. The second kappa shape index (κ2) is 9.99. The van der Waals surface area contributed by atoms with Crippen LogP contribution in [0, 0.1) is 6.92 Å². The molecule has 4 heteroatoms. The molecule has 180 valence electrons. The first-order valence-corrected chi connectivity index (χ1v) is 12.4. The third-order valence-corrected chi connectivity index (χ3v) is 7.09. The van der Waals surface area contributed by atoms with Gasteiger partial charge >= 0.3 is 5.97 Å². The zero-order valence-corrected chi connectivity index (χ0v) is 21.3. The minimum atomic E-state index is -0.435. The van der Waals surface area contributed by atoms with Crippen LogP contribution in [0.3, 0.4) is 0 Å². The molecule has 0 saturated heterocycles. The van der Waals surface area contributed by atoms with Gasteiger partial charge in [-0.1, -0.05) is 80.4 Å². The molecule has 4 nitrogen and oxygen atoms in total. The van der Waals surface area contributed by atoms with Crippen molar-refractivity contribution in [1.82, 2.24) is 0 Å². The Morgan fingerprint density at radius 1 is 0.829 bits per heavy atom. The van der Waals surface area contributed by atoms with Gasteiger partial charge in [-0.2, -0.15) is 0 Å². The maximum Gasteiger partial charge on any atom is 0.331 e. The molecule has 0 aromatic heterocycles. The largest absolute Gasteiger partial charge is 0.331 e. The monoisotopic (exact) mass is 467 g/mol. The van der Waals surface area contributed by atoms with Crippen molar-refractivity contribution in [2.75, 3.05) is 0 Å². The highest BCUT2D eigenvalue weighted by molar-refractivity contribution is 6.10. The van der Waals surface area contributed by atoms with E-state index in [9.17, 15) is 9.59 Å². The Morgan fingerprint density at radius 3 is 1.97 bits per heavy atom. The Morgan fingerprint density at radius 2 is 1.40 bits per heavy atom. The summed E-state index contributed by atoms with van der Waals surface area (Å²) in [6.07, 6.45) is 4.04. The molecule has 0 heterocycles. The molecule has 3 aromatic rings. The number of aryl methyl sites for hydroxylation is 1. The van der Waals surface area contributed by atoms with E-state index in [-0.39, 0.29) is 11.2 Å². The van der Waals surface area contributed by atoms with E-state index in [0.29, 0.717) is 5.71 Å². The number of carbonyl (C=O) groups excluding carboxylic acids is 2. The van der Waals surface area contributed by atoms with Gasteiger partial charge in [-0.15, -0.1) is 0 Å². The van der Waals surface area contributed by atoms with E-state index in [1.54, 1.807) is 0 Å². The standard InChI is InChI=1S/C31H33NO3/c1-6-16-31(17-7-2)28-18-23(21(4)32-35-22(5)33)12-14-26(28)27-15-13-24(19-29(27)31)30(34)25-11-9-8-10-20(25)3/h8-15,18-19H,6-7,16-17H2,1-5H3/b32-21-. The highest BCUT2D eigenvalue weighted by Crippen LogP contribution is 2.54. The quantitative estimate of drug-likeness (QED) is 0.150. The molecule has 0 fully saturated rings. The van der Waals surface area contributed by atoms with Crippen molar-refractivity contribution >= 4 is 17.5 Å². The van der Waals surface area contributed by atoms with Crippen molar-refractivity contribution in [3.8, 4) is 11.1 Å². The molecule has 0 bridgehead atoms. The Bertz CT molecular complexity index is 1310. The molecule has 0 amide bonds. The lowest BCUT2D eigenvalue weighted by Crippen LogP contribution is -2.25. The average molecular weight is 468 g/mol. The topological polar surface area (TPSA) is 55.7 Å². The highest BCUT2D eigenvalue weighted by Gasteiger charge is 2.42. The smallest absolute Gasteiger partial charge is 0.318 e. The zero-order valence-electron chi connectivity index (χ0n) is 21.3. The van der Waals surface area contributed by atoms with Crippen molar-refractivity contribution in [3.05, 3.63) is 94.0 Å². The molecule has 0 spiro atoms. The predicted molar refractivity (Wildman–Crippen MR) is 141 cm³/mol. The molecule has 0 radical (unpaired) electrons. The Hall–Kier alpha value is -3.53. The van der Waals surface area contributed by atoms with E-state index in [1.807, 2.05) is 50.2 Å². The van der Waals surface area contributed by atoms with E-state index in [2.05, 4.69) is 43.3 Å². The first-order chi connectivity index (χ1) is 16.8. The highest BCUT2D eigenvalue weighted by atomic mass is 16.7. The van der Waals surface area contributed by atoms with Gasteiger partial charge in [-0.25, -0.2) is 4.79 Å². The molecule has 0 atom stereocenters. The number of ketones is 1. The Kier molecular flexibility index (Phi) is 7.02. The maximum atomic E-state index is 13.5. The summed E-state index contributed by atoms with van der Waals surface area (Å²) in [4.78, 5) is 29.6. The molecule has 3 aromatic carbocycles. The van der Waals surface area contributed by atoms with Crippen LogP contribution >= 0.6 is 0 Å². The van der Waals surface area contributed by atoms with Crippen LogP contribution in [0.2, 0.25) is 0 Å². The van der Waals surface area contributed by atoms with Gasteiger partial charge < -0.3 is 4.84 Å². The van der Waals surface area contributed by atoms with Crippen LogP contribution < -0.4 is 0 Å². The molecule has 0 N–H and O–H groups in total. The molecule has 1 aliphatic carbocycles. The molecule has 0 unspecified atom stereocenters. The first kappa shape index (κ1) is 24.6. The summed E-state index contributed by atoms with van der Waals surface area (Å²) in [5.41, 5.74) is 8.81. The van der Waals surface area contributed by atoms with Crippen LogP contribution in [0.4, 0.5) is 0 Å². The van der Waals surface area contributed by atoms with Crippen LogP contribution in [0.25, 0.3) is 11.1 Å². The van der Waals surface area contributed by atoms with Crippen molar-refractivity contribution in [1.29, 1.82) is 0 Å². The molecule has 4 rings (SSSR count). The zero-order chi connectivity index (χ0) is 25.2. The SMILES string of the molecule is CCCC1(CCC)c2cc(C(=O)c3ccccc3C)ccc2-c2ccc(/C(C)=N\OC(C)=O)cc21. The number of hydrogen-bond acceptors (Lipinski definition) is 4. The number of rotatable bonds is 8. The van der Waals surface area contributed by atoms with Crippen molar-refractivity contribution in [2.24, 2.45) is 5.16 Å². The lowest BCUT2D eigenvalue weighted by Gasteiger charge is -2.32. The summed E-state index contributed by atoms with van der Waals surface area (Å²) in [5, 5.41) is 4.01. The summed E-state index contributed by atoms with van der Waals surface area (Å²) >= 11 is 0. The Labute approximate surface area is 208 Å². The minimum absolute atomic E-state index is 0.0637. The van der Waals surface area contributed by atoms with E-state index in [4.69, 9.17) is 4.84 Å². The van der Waals surface area contributed by atoms with Crippen molar-refractivity contribution in [2.45, 2.75) is 65.7 Å². The minimum Gasteiger partial charge on any atom is -0.318 e. The molecule has 0 aliphatic heterocycles. The van der Waals surface area contributed by atoms with E-state index in [0.717, 1.165) is 47.9 Å². The number of nitrogens with zero attached hydrogens (tertiary/aromatic N) is 1. The van der Waals surface area contributed by atoms with Gasteiger partial charge in [0.2, 0.25) is 0 Å². The first-order valence-electron chi connectivity index (χ1n) is 12.4. The van der Waals surface area contributed by atoms with Gasteiger partial charge in [0.1, 0.15) is 0 Å². The molecule has 35 heavy (non-hydrogen) atoms. The maximum absolute atomic E-state index is 13.5. The summed E-state index contributed by atoms with van der Waals surface area (Å²) in [5.74, 6) is -0.371. The predicted octanol–water partition coefficient (Wildman–Crippen LogP) is 7.38. The van der Waals surface area contributed by atoms with E-state index < -0.39 is 5.97 Å². The second-order valence-corrected chi connectivity index (χ2v) is 9.51. The molecular formula is C31H33NO3. The fourth-order valence-corrected chi connectivity index (χ4v) is 5.55. The van der Waals surface area contributed by atoms with Crippen molar-refractivity contribution < 1.29 is 14.4 Å². The van der Waals surface area contributed by atoms with Gasteiger partial charge in [-0.3, -0.25) is 4.79 Å². The number of benzene rings is 3. The lowest BCUT2D eigenvalue weighted by atomic mass is 9.71. The van der Waals surface area contributed by atoms with Gasteiger partial charge in [-0.05, 0) is 72.2 Å². The van der Waals surface area contributed by atoms with Gasteiger partial charge in [0, 0.05) is 23.5 Å². The van der Waals surface area contributed by atoms with Gasteiger partial charge in [0.15, 0.2) is 5.78 Å². The van der Waals surface area contributed by atoms with Crippen LogP contribution in [0.1, 0.15) is 91.6 Å². The Balaban J connectivity index is 1.87. The summed E-state index contributed by atoms with van der Waals surface area (Å²) in [6, 6.07) is 20.4. The van der Waals surface area contributed by atoms with Crippen LogP contribution in [0.15, 0.2) is 65.8 Å². The van der Waals surface area contributed by atoms with Crippen LogP contribution in [-0.4, -0.2) is 17.5 Å². The average Bonchev–Trinajstić information content (AvgIpc) is 3.11. The normalized spacial score (nSPS) is 13.8. The third-order valence-electron chi connectivity index (χ3n) is 7.09. The summed E-state index contributed by atoms with van der Waals surface area (Å²) in [7, 11) is 0. The lowest BCUT2D eigenvalue weighted by molar-refractivity contribution is -0.140. The van der Waals surface area contributed by atoms with E-state index >= 15 is 0 Å². The number of fused-ring (bicyclic) bond motifs is 3. The van der Waals surface area contributed by atoms with Gasteiger partial charge in [0.05, 0.1) is 5.71 Å². The molecule has 0 saturated carbocycles. The fourth-order valence-electron chi connectivity index (χ4n) is 5.55. The summed E-state index contributed by atoms with van der Waals surface area (Å²) < 4.78 is 0. The number of carbonyl (C=O) groups is 2. The van der Waals surface area contributed by atoms with E-state index in [1.165, 1.54) is 29.2 Å². The third kappa shape index (κ3) is 4.45. The second-order valence-electron chi connectivity index (χ2n) is 9.51. The number of oxime groups is 1. The van der Waals surface area contributed by atoms with Crippen LogP contribution in [-0.2, 0) is 15.0 Å². The number of hydrogen-bond donors (Lipinski definition) is 0. The van der Waals surface area contributed by atoms with Crippen LogP contribution in [0.5, 0.6) is 0 Å².